The van der Waals surface area contributed by atoms with E-state index in [9.17, 15) is 8.42 Å². The molecule has 0 aromatic heterocycles. The molecule has 0 bridgehead atoms. The highest BCUT2D eigenvalue weighted by molar-refractivity contribution is 9.08. The number of alkyl halides is 1. The number of rotatable bonds is 4. The largest absolute Gasteiger partial charge is 0.399 e. The van der Waals surface area contributed by atoms with Crippen LogP contribution in [0.3, 0.4) is 0 Å². The summed E-state index contributed by atoms with van der Waals surface area (Å²) in [5, 5.41) is 0.606. The van der Waals surface area contributed by atoms with E-state index in [1.807, 2.05) is 6.07 Å². The highest BCUT2D eigenvalue weighted by Crippen LogP contribution is 2.19. The van der Waals surface area contributed by atoms with Gasteiger partial charge in [-0.25, -0.2) is 8.42 Å². The number of nitrogens with two attached hydrogens (primary N) is 1. The molecule has 0 atom stereocenters. The van der Waals surface area contributed by atoms with Gasteiger partial charge in [0.25, 0.3) is 10.0 Å². The number of sulfonamides is 1. The van der Waals surface area contributed by atoms with Gasteiger partial charge < -0.3 is 5.73 Å². The Balaban J connectivity index is 2.32. The molecule has 0 radical (unpaired) electrons. The maximum absolute atomic E-state index is 12.2. The van der Waals surface area contributed by atoms with E-state index >= 15 is 0 Å². The summed E-state index contributed by atoms with van der Waals surface area (Å²) in [6.45, 7) is 0. The third-order valence-corrected chi connectivity index (χ3v) is 4.53. The van der Waals surface area contributed by atoms with Crippen molar-refractivity contribution in [3.05, 3.63) is 54.1 Å². The first-order valence-electron chi connectivity index (χ1n) is 5.54. The lowest BCUT2D eigenvalue weighted by molar-refractivity contribution is 0.601. The number of nitrogens with one attached hydrogen (secondary N) is 1. The third-order valence-electron chi connectivity index (χ3n) is 2.50. The normalized spacial score (nSPS) is 11.2. The maximum Gasteiger partial charge on any atom is 0.261 e. The van der Waals surface area contributed by atoms with E-state index in [0.717, 1.165) is 5.56 Å². The first kappa shape index (κ1) is 13.9. The molecule has 2 aromatic carbocycles. The fraction of sp³-hybridized carbons (Fsp3) is 0.0769. The number of hydrogen-bond acceptors (Lipinski definition) is 3. The van der Waals surface area contributed by atoms with Crippen molar-refractivity contribution in [1.82, 2.24) is 0 Å². The second-order valence-electron chi connectivity index (χ2n) is 4.01. The summed E-state index contributed by atoms with van der Waals surface area (Å²) in [5.74, 6) is 0. The van der Waals surface area contributed by atoms with E-state index in [-0.39, 0.29) is 4.90 Å². The Hall–Kier alpha value is -1.53. The van der Waals surface area contributed by atoms with Crippen molar-refractivity contribution in [2.45, 2.75) is 10.2 Å². The zero-order valence-corrected chi connectivity index (χ0v) is 12.4. The van der Waals surface area contributed by atoms with Crippen LogP contribution in [0.2, 0.25) is 0 Å². The van der Waals surface area contributed by atoms with Crippen LogP contribution in [0.4, 0.5) is 11.4 Å². The highest BCUT2D eigenvalue weighted by atomic mass is 79.9. The number of anilines is 2. The first-order chi connectivity index (χ1) is 9.01. The number of nitrogen functional groups attached to an aromatic ring is 1. The first-order valence-corrected chi connectivity index (χ1v) is 8.15. The molecule has 0 aliphatic heterocycles. The molecule has 2 rings (SSSR count). The lowest BCUT2D eigenvalue weighted by atomic mass is 10.2. The van der Waals surface area contributed by atoms with Crippen molar-refractivity contribution < 1.29 is 8.42 Å². The van der Waals surface area contributed by atoms with E-state index in [0.29, 0.717) is 16.7 Å². The summed E-state index contributed by atoms with van der Waals surface area (Å²) in [4.78, 5) is 0.229. The average Bonchev–Trinajstić information content (AvgIpc) is 2.38. The molecule has 0 amide bonds. The minimum absolute atomic E-state index is 0.229. The smallest absolute Gasteiger partial charge is 0.261 e. The standard InChI is InChI=1S/C13H13BrN2O2S/c14-9-10-3-1-6-13(7-10)19(17,18)16-12-5-2-4-11(15)8-12/h1-8,16H,9,15H2. The van der Waals surface area contributed by atoms with E-state index in [1.165, 1.54) is 0 Å². The van der Waals surface area contributed by atoms with Crippen LogP contribution in [-0.2, 0) is 15.4 Å². The molecule has 19 heavy (non-hydrogen) atoms. The number of benzene rings is 2. The van der Waals surface area contributed by atoms with Crippen LogP contribution >= 0.6 is 15.9 Å². The summed E-state index contributed by atoms with van der Waals surface area (Å²) in [6, 6.07) is 13.4. The van der Waals surface area contributed by atoms with Gasteiger partial charge in [0.1, 0.15) is 0 Å². The van der Waals surface area contributed by atoms with Crippen LogP contribution in [0.1, 0.15) is 5.56 Å². The monoisotopic (exact) mass is 340 g/mol. The van der Waals surface area contributed by atoms with Gasteiger partial charge >= 0.3 is 0 Å². The lowest BCUT2D eigenvalue weighted by Gasteiger charge is -2.09. The minimum Gasteiger partial charge on any atom is -0.399 e. The topological polar surface area (TPSA) is 72.2 Å². The van der Waals surface area contributed by atoms with Crippen LogP contribution in [0.25, 0.3) is 0 Å². The Morgan fingerprint density at radius 3 is 2.53 bits per heavy atom. The van der Waals surface area contributed by atoms with Gasteiger partial charge in [0.15, 0.2) is 0 Å². The highest BCUT2D eigenvalue weighted by Gasteiger charge is 2.14. The average molecular weight is 341 g/mol. The van der Waals surface area contributed by atoms with Crippen molar-refractivity contribution in [1.29, 1.82) is 0 Å². The van der Waals surface area contributed by atoms with Gasteiger partial charge in [-0.15, -0.1) is 0 Å². The van der Waals surface area contributed by atoms with E-state index in [2.05, 4.69) is 20.7 Å². The van der Waals surface area contributed by atoms with Crippen molar-refractivity contribution >= 4 is 37.3 Å². The van der Waals surface area contributed by atoms with Gasteiger partial charge in [-0.3, -0.25) is 4.72 Å². The summed E-state index contributed by atoms with van der Waals surface area (Å²) in [5.41, 5.74) is 7.48. The van der Waals surface area contributed by atoms with Crippen LogP contribution in [0, 0.1) is 0 Å². The molecule has 0 aliphatic carbocycles. The zero-order valence-electron chi connectivity index (χ0n) is 10.0. The van der Waals surface area contributed by atoms with Gasteiger partial charge in [0, 0.05) is 11.0 Å². The molecular weight excluding hydrogens is 328 g/mol. The predicted octanol–water partition coefficient (Wildman–Crippen LogP) is 2.96. The summed E-state index contributed by atoms with van der Waals surface area (Å²) < 4.78 is 26.9. The van der Waals surface area contributed by atoms with Crippen molar-refractivity contribution in [2.75, 3.05) is 10.5 Å². The maximum atomic E-state index is 12.2. The Bertz CT molecular complexity index is 687. The van der Waals surface area contributed by atoms with Crippen molar-refractivity contribution in [3.63, 3.8) is 0 Å². The van der Waals surface area contributed by atoms with Crippen LogP contribution < -0.4 is 10.5 Å². The second kappa shape index (κ2) is 5.63. The van der Waals surface area contributed by atoms with E-state index < -0.39 is 10.0 Å². The molecule has 0 saturated heterocycles. The molecule has 3 N–H and O–H groups in total. The Labute approximate surface area is 120 Å². The van der Waals surface area contributed by atoms with Gasteiger partial charge in [-0.2, -0.15) is 0 Å². The molecule has 0 spiro atoms. The Kier molecular flexibility index (Phi) is 4.11. The van der Waals surface area contributed by atoms with Gasteiger partial charge in [-0.1, -0.05) is 34.1 Å². The Morgan fingerprint density at radius 1 is 1.11 bits per heavy atom. The van der Waals surface area contributed by atoms with Crippen LogP contribution in [0.5, 0.6) is 0 Å². The molecule has 100 valence electrons. The molecule has 0 fully saturated rings. The van der Waals surface area contributed by atoms with E-state index in [4.69, 9.17) is 5.73 Å². The fourth-order valence-corrected chi connectivity index (χ4v) is 3.08. The molecule has 0 unspecified atom stereocenters. The number of hydrogen-bond donors (Lipinski definition) is 2. The second-order valence-corrected chi connectivity index (χ2v) is 6.26. The van der Waals surface area contributed by atoms with Crippen molar-refractivity contribution in [3.8, 4) is 0 Å². The third kappa shape index (κ3) is 3.48. The summed E-state index contributed by atoms with van der Waals surface area (Å²) in [7, 11) is -3.59. The molecule has 6 heteroatoms. The van der Waals surface area contributed by atoms with Crippen LogP contribution in [-0.4, -0.2) is 8.42 Å². The Morgan fingerprint density at radius 2 is 1.84 bits per heavy atom. The summed E-state index contributed by atoms with van der Waals surface area (Å²) >= 11 is 3.30. The van der Waals surface area contributed by atoms with Gasteiger partial charge in [-0.05, 0) is 35.9 Å². The van der Waals surface area contributed by atoms with Crippen LogP contribution in [0.15, 0.2) is 53.4 Å². The molecule has 4 nitrogen and oxygen atoms in total. The van der Waals surface area contributed by atoms with Gasteiger partial charge in [0.05, 0.1) is 10.6 Å². The predicted molar refractivity (Wildman–Crippen MR) is 80.7 cm³/mol. The molecule has 0 saturated carbocycles. The van der Waals surface area contributed by atoms with Gasteiger partial charge in [0.2, 0.25) is 0 Å². The van der Waals surface area contributed by atoms with Crippen molar-refractivity contribution in [2.24, 2.45) is 0 Å². The quantitative estimate of drug-likeness (QED) is 0.663. The lowest BCUT2D eigenvalue weighted by Crippen LogP contribution is -2.13. The fourth-order valence-electron chi connectivity index (χ4n) is 1.61. The van der Waals surface area contributed by atoms with E-state index in [1.54, 1.807) is 42.5 Å². The number of halogens is 1. The molecule has 2 aromatic rings. The summed E-state index contributed by atoms with van der Waals surface area (Å²) in [6.07, 6.45) is 0. The minimum atomic E-state index is -3.59. The zero-order chi connectivity index (χ0) is 13.9. The molecular formula is C13H13BrN2O2S. The molecule has 0 heterocycles. The SMILES string of the molecule is Nc1cccc(NS(=O)(=O)c2cccc(CBr)c2)c1. The molecule has 0 aliphatic rings.